The van der Waals surface area contributed by atoms with E-state index in [1.165, 1.54) is 5.56 Å². The van der Waals surface area contributed by atoms with E-state index < -0.39 is 0 Å². The lowest BCUT2D eigenvalue weighted by molar-refractivity contribution is -0.127. The van der Waals surface area contributed by atoms with Crippen molar-refractivity contribution in [1.82, 2.24) is 15.5 Å². The van der Waals surface area contributed by atoms with Gasteiger partial charge in [0, 0.05) is 43.5 Å². The van der Waals surface area contributed by atoms with Crippen molar-refractivity contribution >= 4 is 23.5 Å². The molecule has 2 aromatic carbocycles. The first-order chi connectivity index (χ1) is 15.1. The van der Waals surface area contributed by atoms with E-state index in [2.05, 4.69) is 27.8 Å². The van der Waals surface area contributed by atoms with Crippen LogP contribution in [0.15, 0.2) is 59.6 Å². The van der Waals surface area contributed by atoms with Crippen molar-refractivity contribution in [3.05, 3.63) is 65.2 Å². The predicted molar refractivity (Wildman–Crippen MR) is 126 cm³/mol. The molecule has 1 saturated heterocycles. The average molecular weight is 443 g/mol. The maximum atomic E-state index is 12.4. The van der Waals surface area contributed by atoms with Crippen molar-refractivity contribution in [2.24, 2.45) is 10.9 Å². The molecule has 1 unspecified atom stereocenters. The van der Waals surface area contributed by atoms with Crippen LogP contribution in [0.5, 0.6) is 5.75 Å². The van der Waals surface area contributed by atoms with Gasteiger partial charge in [0.2, 0.25) is 5.91 Å². The third kappa shape index (κ3) is 7.79. The number of rotatable bonds is 10. The summed E-state index contributed by atoms with van der Waals surface area (Å²) in [6.07, 6.45) is 1.46. The van der Waals surface area contributed by atoms with Gasteiger partial charge in [0.15, 0.2) is 5.96 Å². The van der Waals surface area contributed by atoms with Crippen LogP contribution in [0.3, 0.4) is 0 Å². The number of carbonyl (C=O) groups is 1. The smallest absolute Gasteiger partial charge is 0.223 e. The Morgan fingerprint density at radius 2 is 1.94 bits per heavy atom. The molecule has 0 bridgehead atoms. The minimum atomic E-state index is 0.227. The first kappa shape index (κ1) is 22.9. The Morgan fingerprint density at radius 1 is 1.16 bits per heavy atom. The first-order valence-electron chi connectivity index (χ1n) is 10.9. The number of hydrogen-bond donors (Lipinski definition) is 2. The van der Waals surface area contributed by atoms with Crippen LogP contribution in [0.1, 0.15) is 18.9 Å². The summed E-state index contributed by atoms with van der Waals surface area (Å²) in [5, 5.41) is 7.22. The van der Waals surface area contributed by atoms with Crippen molar-refractivity contribution in [2.75, 3.05) is 39.3 Å². The third-order valence-corrected chi connectivity index (χ3v) is 5.39. The number of benzene rings is 2. The molecule has 1 atom stereocenters. The summed E-state index contributed by atoms with van der Waals surface area (Å²) in [5.74, 6) is 2.01. The Balaban J connectivity index is 1.40. The summed E-state index contributed by atoms with van der Waals surface area (Å²) in [6.45, 7) is 6.11. The Bertz CT molecular complexity index is 842. The molecule has 0 aromatic heterocycles. The summed E-state index contributed by atoms with van der Waals surface area (Å²) in [6, 6.07) is 17.6. The molecular weight excluding hydrogens is 412 g/mol. The minimum Gasteiger partial charge on any atom is -0.492 e. The number of nitrogens with zero attached hydrogens (tertiary/aromatic N) is 2. The lowest BCUT2D eigenvalue weighted by Gasteiger charge is -2.16. The van der Waals surface area contributed by atoms with E-state index >= 15 is 0 Å². The van der Waals surface area contributed by atoms with Crippen molar-refractivity contribution in [1.29, 1.82) is 0 Å². The number of halogens is 1. The first-order valence-corrected chi connectivity index (χ1v) is 11.2. The second-order valence-electron chi connectivity index (χ2n) is 7.59. The third-order valence-electron chi connectivity index (χ3n) is 5.14. The fourth-order valence-electron chi connectivity index (χ4n) is 3.53. The van der Waals surface area contributed by atoms with Gasteiger partial charge in [-0.2, -0.15) is 0 Å². The largest absolute Gasteiger partial charge is 0.492 e. The van der Waals surface area contributed by atoms with E-state index in [1.54, 1.807) is 0 Å². The predicted octanol–water partition coefficient (Wildman–Crippen LogP) is 3.37. The second kappa shape index (κ2) is 12.2. The van der Waals surface area contributed by atoms with E-state index in [9.17, 15) is 4.79 Å². The van der Waals surface area contributed by atoms with E-state index in [-0.39, 0.29) is 11.8 Å². The maximum absolute atomic E-state index is 12.4. The average Bonchev–Trinajstić information content (AvgIpc) is 3.15. The highest BCUT2D eigenvalue weighted by Gasteiger charge is 2.28. The summed E-state index contributed by atoms with van der Waals surface area (Å²) >= 11 is 5.89. The molecule has 0 saturated carbocycles. The molecule has 0 spiro atoms. The fourth-order valence-corrected chi connectivity index (χ4v) is 3.66. The molecule has 1 fully saturated rings. The van der Waals surface area contributed by atoms with Gasteiger partial charge in [0.1, 0.15) is 12.4 Å². The fraction of sp³-hybridized carbons (Fsp3) is 0.417. The van der Waals surface area contributed by atoms with Crippen LogP contribution in [-0.4, -0.2) is 56.1 Å². The van der Waals surface area contributed by atoms with Crippen LogP contribution < -0.4 is 15.4 Å². The molecule has 2 aromatic rings. The monoisotopic (exact) mass is 442 g/mol. The van der Waals surface area contributed by atoms with Crippen LogP contribution in [0.2, 0.25) is 5.02 Å². The lowest BCUT2D eigenvalue weighted by atomic mass is 10.1. The van der Waals surface area contributed by atoms with Gasteiger partial charge >= 0.3 is 0 Å². The van der Waals surface area contributed by atoms with Crippen LogP contribution in [-0.2, 0) is 11.2 Å². The Morgan fingerprint density at radius 3 is 2.68 bits per heavy atom. The minimum absolute atomic E-state index is 0.227. The molecule has 7 heteroatoms. The molecule has 166 valence electrons. The zero-order valence-electron chi connectivity index (χ0n) is 18.0. The summed E-state index contributed by atoms with van der Waals surface area (Å²) in [5.41, 5.74) is 1.26. The number of ether oxygens (including phenoxy) is 1. The lowest BCUT2D eigenvalue weighted by Crippen LogP contribution is -2.39. The molecule has 6 nitrogen and oxygen atoms in total. The van der Waals surface area contributed by atoms with E-state index in [4.69, 9.17) is 16.3 Å². The van der Waals surface area contributed by atoms with Gasteiger partial charge in [-0.3, -0.25) is 9.79 Å². The van der Waals surface area contributed by atoms with Crippen molar-refractivity contribution in [2.45, 2.75) is 19.8 Å². The van der Waals surface area contributed by atoms with Crippen LogP contribution in [0.25, 0.3) is 0 Å². The Kier molecular flexibility index (Phi) is 9.03. The Hall–Kier alpha value is -2.73. The number of carbonyl (C=O) groups excluding carboxylic acids is 1. The molecule has 1 amide bonds. The zero-order chi connectivity index (χ0) is 21.9. The molecule has 0 aliphatic carbocycles. The quantitative estimate of drug-likeness (QED) is 0.336. The normalized spacial score (nSPS) is 16.5. The number of hydrogen-bond acceptors (Lipinski definition) is 3. The van der Waals surface area contributed by atoms with Gasteiger partial charge in [0.05, 0.1) is 6.54 Å². The number of guanidine groups is 1. The second-order valence-corrected chi connectivity index (χ2v) is 8.03. The molecule has 1 heterocycles. The standard InChI is InChI=1S/C24H31ClN4O2/c1-2-26-24(27-13-15-31-22-10-8-21(25)9-11-22)28-17-20-16-23(30)29(18-20)14-12-19-6-4-3-5-7-19/h3-11,20H,2,12-18H2,1H3,(H2,26,27,28). The van der Waals surface area contributed by atoms with Crippen molar-refractivity contribution in [3.63, 3.8) is 0 Å². The molecule has 1 aliphatic rings. The van der Waals surface area contributed by atoms with E-state index in [0.717, 1.165) is 37.8 Å². The van der Waals surface area contributed by atoms with Crippen LogP contribution >= 0.6 is 11.6 Å². The molecular formula is C24H31ClN4O2. The highest BCUT2D eigenvalue weighted by atomic mass is 35.5. The molecule has 3 rings (SSSR count). The summed E-state index contributed by atoms with van der Waals surface area (Å²) in [7, 11) is 0. The number of amides is 1. The molecule has 31 heavy (non-hydrogen) atoms. The number of aliphatic imine (C=N–C) groups is 1. The highest BCUT2D eigenvalue weighted by molar-refractivity contribution is 6.30. The SMILES string of the molecule is CCNC(=NCC1CC(=O)N(CCc2ccccc2)C1)NCCOc1ccc(Cl)cc1. The summed E-state index contributed by atoms with van der Waals surface area (Å²) < 4.78 is 5.70. The van der Waals surface area contributed by atoms with Crippen LogP contribution in [0.4, 0.5) is 0 Å². The molecule has 2 N–H and O–H groups in total. The van der Waals surface area contributed by atoms with Gasteiger partial charge in [-0.05, 0) is 43.2 Å². The van der Waals surface area contributed by atoms with Crippen molar-refractivity contribution in [3.8, 4) is 5.75 Å². The van der Waals surface area contributed by atoms with Gasteiger partial charge in [-0.25, -0.2) is 0 Å². The van der Waals surface area contributed by atoms with Gasteiger partial charge < -0.3 is 20.3 Å². The topological polar surface area (TPSA) is 66.0 Å². The molecule has 1 aliphatic heterocycles. The highest BCUT2D eigenvalue weighted by Crippen LogP contribution is 2.19. The van der Waals surface area contributed by atoms with Crippen LogP contribution in [0, 0.1) is 5.92 Å². The number of nitrogens with one attached hydrogen (secondary N) is 2. The van der Waals surface area contributed by atoms with Gasteiger partial charge in [0.25, 0.3) is 0 Å². The van der Waals surface area contributed by atoms with E-state index in [1.807, 2.05) is 54.3 Å². The molecule has 0 radical (unpaired) electrons. The zero-order valence-corrected chi connectivity index (χ0v) is 18.8. The maximum Gasteiger partial charge on any atom is 0.223 e. The van der Waals surface area contributed by atoms with E-state index in [0.29, 0.717) is 31.1 Å². The summed E-state index contributed by atoms with van der Waals surface area (Å²) in [4.78, 5) is 19.0. The van der Waals surface area contributed by atoms with Gasteiger partial charge in [-0.1, -0.05) is 41.9 Å². The number of likely N-dealkylation sites (tertiary alicyclic amines) is 1. The Labute approximate surface area is 189 Å². The van der Waals surface area contributed by atoms with Gasteiger partial charge in [-0.15, -0.1) is 0 Å². The van der Waals surface area contributed by atoms with Crippen molar-refractivity contribution < 1.29 is 9.53 Å².